The summed E-state index contributed by atoms with van der Waals surface area (Å²) >= 11 is 0. The summed E-state index contributed by atoms with van der Waals surface area (Å²) in [6.07, 6.45) is 2.57. The number of oxazole rings is 1. The number of carbonyl (C=O) groups excluding carboxylic acids is 1. The molecule has 0 unspecified atom stereocenters. The molecule has 1 aromatic rings. The van der Waals surface area contributed by atoms with Gasteiger partial charge in [0.15, 0.2) is 0 Å². The van der Waals surface area contributed by atoms with Gasteiger partial charge in [-0.1, -0.05) is 13.8 Å². The third kappa shape index (κ3) is 2.87. The van der Waals surface area contributed by atoms with Gasteiger partial charge in [-0.05, 0) is 32.7 Å². The molecule has 0 amide bonds. The van der Waals surface area contributed by atoms with Crippen LogP contribution in [0.5, 0.6) is 0 Å². The SMILES string of the molecule is CCOC(=O)[C@]1(C(C)C)CCN(Cc2ncc(C)o2)C1. The van der Waals surface area contributed by atoms with Crippen molar-refractivity contribution >= 4 is 5.97 Å². The highest BCUT2D eigenvalue weighted by atomic mass is 16.5. The van der Waals surface area contributed by atoms with Crippen molar-refractivity contribution in [1.29, 1.82) is 0 Å². The first kappa shape index (κ1) is 15.0. The Kier molecular flexibility index (Phi) is 4.48. The molecule has 1 aliphatic heterocycles. The number of ether oxygens (including phenoxy) is 1. The van der Waals surface area contributed by atoms with Gasteiger partial charge in [-0.2, -0.15) is 0 Å². The molecule has 1 fully saturated rings. The van der Waals surface area contributed by atoms with Crippen molar-refractivity contribution in [3.63, 3.8) is 0 Å². The van der Waals surface area contributed by atoms with Crippen LogP contribution in [0.3, 0.4) is 0 Å². The Bertz CT molecular complexity index is 469. The highest BCUT2D eigenvalue weighted by molar-refractivity contribution is 5.78. The van der Waals surface area contributed by atoms with Crippen LogP contribution >= 0.6 is 0 Å². The zero-order chi connectivity index (χ0) is 14.8. The summed E-state index contributed by atoms with van der Waals surface area (Å²) in [6, 6.07) is 0. The molecule has 20 heavy (non-hydrogen) atoms. The molecule has 0 bridgehead atoms. The summed E-state index contributed by atoms with van der Waals surface area (Å²) in [4.78, 5) is 18.8. The maximum atomic E-state index is 12.3. The second kappa shape index (κ2) is 5.95. The highest BCUT2D eigenvalue weighted by Crippen LogP contribution is 2.39. The van der Waals surface area contributed by atoms with E-state index >= 15 is 0 Å². The second-order valence-electron chi connectivity index (χ2n) is 5.86. The lowest BCUT2D eigenvalue weighted by molar-refractivity contribution is -0.157. The van der Waals surface area contributed by atoms with Crippen molar-refractivity contribution in [2.45, 2.75) is 40.7 Å². The Labute approximate surface area is 120 Å². The quantitative estimate of drug-likeness (QED) is 0.775. The number of carbonyl (C=O) groups is 1. The molecule has 2 rings (SSSR count). The van der Waals surface area contributed by atoms with Crippen LogP contribution in [0, 0.1) is 18.3 Å². The molecule has 5 heteroatoms. The van der Waals surface area contributed by atoms with E-state index in [1.165, 1.54) is 0 Å². The zero-order valence-electron chi connectivity index (χ0n) is 12.8. The number of aromatic nitrogens is 1. The molecule has 1 atom stereocenters. The molecule has 1 saturated heterocycles. The van der Waals surface area contributed by atoms with E-state index in [4.69, 9.17) is 9.15 Å². The maximum absolute atomic E-state index is 12.3. The normalized spacial score (nSPS) is 23.4. The molecular formula is C15H24N2O3. The van der Waals surface area contributed by atoms with Crippen LogP contribution in [-0.4, -0.2) is 35.5 Å². The number of hydrogen-bond donors (Lipinski definition) is 0. The molecule has 0 aliphatic carbocycles. The molecule has 0 saturated carbocycles. The van der Waals surface area contributed by atoms with Gasteiger partial charge in [0.2, 0.25) is 5.89 Å². The average molecular weight is 280 g/mol. The van der Waals surface area contributed by atoms with Gasteiger partial charge < -0.3 is 9.15 Å². The second-order valence-corrected chi connectivity index (χ2v) is 5.86. The van der Waals surface area contributed by atoms with Crippen molar-refractivity contribution in [3.05, 3.63) is 17.8 Å². The number of aryl methyl sites for hydroxylation is 1. The molecule has 0 N–H and O–H groups in total. The Balaban J connectivity index is 2.05. The van der Waals surface area contributed by atoms with Gasteiger partial charge in [-0.25, -0.2) is 4.98 Å². The van der Waals surface area contributed by atoms with Gasteiger partial charge in [0, 0.05) is 6.54 Å². The van der Waals surface area contributed by atoms with Crippen LogP contribution in [-0.2, 0) is 16.1 Å². The summed E-state index contributed by atoms with van der Waals surface area (Å²) in [6.45, 7) is 10.6. The van der Waals surface area contributed by atoms with Crippen molar-refractivity contribution in [2.75, 3.05) is 19.7 Å². The third-order valence-corrected chi connectivity index (χ3v) is 4.20. The monoisotopic (exact) mass is 280 g/mol. The van der Waals surface area contributed by atoms with E-state index in [1.54, 1.807) is 6.20 Å². The fourth-order valence-electron chi connectivity index (χ4n) is 2.86. The number of nitrogens with zero attached hydrogens (tertiary/aromatic N) is 2. The average Bonchev–Trinajstić information content (AvgIpc) is 2.98. The Morgan fingerprint density at radius 3 is 2.90 bits per heavy atom. The number of likely N-dealkylation sites (tertiary alicyclic amines) is 1. The van der Waals surface area contributed by atoms with Crippen LogP contribution in [0.2, 0.25) is 0 Å². The Morgan fingerprint density at radius 2 is 2.35 bits per heavy atom. The summed E-state index contributed by atoms with van der Waals surface area (Å²) in [5.74, 6) is 1.73. The van der Waals surface area contributed by atoms with Gasteiger partial charge in [0.05, 0.1) is 24.8 Å². The summed E-state index contributed by atoms with van der Waals surface area (Å²) < 4.78 is 10.8. The first-order chi connectivity index (χ1) is 9.48. The lowest BCUT2D eigenvalue weighted by atomic mass is 9.76. The zero-order valence-corrected chi connectivity index (χ0v) is 12.8. The fourth-order valence-corrected chi connectivity index (χ4v) is 2.86. The predicted octanol–water partition coefficient (Wildman–Crippen LogP) is 2.39. The predicted molar refractivity (Wildman–Crippen MR) is 75.0 cm³/mol. The molecule has 1 aliphatic rings. The third-order valence-electron chi connectivity index (χ3n) is 4.20. The van der Waals surface area contributed by atoms with Crippen molar-refractivity contribution in [2.24, 2.45) is 11.3 Å². The van der Waals surface area contributed by atoms with Gasteiger partial charge in [-0.3, -0.25) is 9.69 Å². The van der Waals surface area contributed by atoms with E-state index in [9.17, 15) is 4.79 Å². The Morgan fingerprint density at radius 1 is 1.60 bits per heavy atom. The molecule has 1 aromatic heterocycles. The molecule has 5 nitrogen and oxygen atoms in total. The van der Waals surface area contributed by atoms with Crippen molar-refractivity contribution in [1.82, 2.24) is 9.88 Å². The van der Waals surface area contributed by atoms with Gasteiger partial charge in [-0.15, -0.1) is 0 Å². The minimum Gasteiger partial charge on any atom is -0.466 e. The minimum atomic E-state index is -0.391. The molecular weight excluding hydrogens is 256 g/mol. The topological polar surface area (TPSA) is 55.6 Å². The van der Waals surface area contributed by atoms with Crippen molar-refractivity contribution < 1.29 is 13.9 Å². The molecule has 0 spiro atoms. The lowest BCUT2D eigenvalue weighted by Gasteiger charge is -2.30. The number of esters is 1. The van der Waals surface area contributed by atoms with Crippen LogP contribution in [0.25, 0.3) is 0 Å². The van der Waals surface area contributed by atoms with Gasteiger partial charge in [0.1, 0.15) is 5.76 Å². The smallest absolute Gasteiger partial charge is 0.313 e. The van der Waals surface area contributed by atoms with E-state index in [1.807, 2.05) is 13.8 Å². The summed E-state index contributed by atoms with van der Waals surface area (Å²) in [7, 11) is 0. The first-order valence-electron chi connectivity index (χ1n) is 7.29. The molecule has 2 heterocycles. The Hall–Kier alpha value is -1.36. The van der Waals surface area contributed by atoms with E-state index in [-0.39, 0.29) is 11.9 Å². The molecule has 112 valence electrons. The van der Waals surface area contributed by atoms with Crippen LogP contribution in [0.4, 0.5) is 0 Å². The minimum absolute atomic E-state index is 0.0684. The van der Waals surface area contributed by atoms with Crippen LogP contribution in [0.1, 0.15) is 38.8 Å². The lowest BCUT2D eigenvalue weighted by Crippen LogP contribution is -2.40. The number of rotatable bonds is 5. The van der Waals surface area contributed by atoms with E-state index < -0.39 is 5.41 Å². The fraction of sp³-hybridized carbons (Fsp3) is 0.733. The molecule has 0 aromatic carbocycles. The van der Waals surface area contributed by atoms with Crippen LogP contribution in [0.15, 0.2) is 10.6 Å². The van der Waals surface area contributed by atoms with E-state index in [0.717, 1.165) is 18.7 Å². The number of hydrogen-bond acceptors (Lipinski definition) is 5. The first-order valence-corrected chi connectivity index (χ1v) is 7.29. The van der Waals surface area contributed by atoms with Gasteiger partial charge >= 0.3 is 5.97 Å². The van der Waals surface area contributed by atoms with E-state index in [0.29, 0.717) is 25.6 Å². The summed E-state index contributed by atoms with van der Waals surface area (Å²) in [5.41, 5.74) is -0.391. The highest BCUT2D eigenvalue weighted by Gasteiger charge is 2.48. The van der Waals surface area contributed by atoms with Crippen molar-refractivity contribution in [3.8, 4) is 0 Å². The maximum Gasteiger partial charge on any atom is 0.313 e. The summed E-state index contributed by atoms with van der Waals surface area (Å²) in [5, 5.41) is 0. The largest absolute Gasteiger partial charge is 0.466 e. The molecule has 0 radical (unpaired) electrons. The standard InChI is InChI=1S/C15H24N2O3/c1-5-19-14(18)15(11(2)3)6-7-17(10-15)9-13-16-8-12(4)20-13/h8,11H,5-7,9-10H2,1-4H3/t15-/m1/s1. The van der Waals surface area contributed by atoms with E-state index in [2.05, 4.69) is 23.7 Å². The van der Waals surface area contributed by atoms with Gasteiger partial charge in [0.25, 0.3) is 0 Å². The van der Waals surface area contributed by atoms with Crippen LogP contribution < -0.4 is 0 Å².